The molecule has 0 saturated carbocycles. The molecule has 0 fully saturated rings. The molecule has 0 spiro atoms. The molecule has 0 saturated heterocycles. The zero-order valence-corrected chi connectivity index (χ0v) is 22.7. The maximum Gasteiger partial charge on any atom is 0.737 e. The lowest BCUT2D eigenvalue weighted by molar-refractivity contribution is -0.363. The van der Waals surface area contributed by atoms with Gasteiger partial charge in [-0.1, -0.05) is 24.3 Å². The third-order valence-corrected chi connectivity index (χ3v) is 9.86. The van der Waals surface area contributed by atoms with Gasteiger partial charge in [-0.05, 0) is 100 Å². The maximum atomic E-state index is 16.2. The number of halogens is 4. The second-order valence-electron chi connectivity index (χ2n) is 8.31. The number of hydrogen-bond acceptors (Lipinski definition) is 1. The zero-order valence-electron chi connectivity index (χ0n) is 18.4. The minimum atomic E-state index is -4.02. The Morgan fingerprint density at radius 2 is 1.62 bits per heavy atom. The van der Waals surface area contributed by atoms with E-state index in [1.165, 1.54) is 8.96 Å². The van der Waals surface area contributed by atoms with Gasteiger partial charge in [-0.15, -0.1) is 0 Å². The molecule has 0 radical (unpaired) electrons. The molecule has 3 heterocycles. The molecule has 1 aromatic heterocycles. The number of allylic oxidation sites excluding steroid dienone is 2. The second-order valence-corrected chi connectivity index (χ2v) is 10.5. The summed E-state index contributed by atoms with van der Waals surface area (Å²) in [5.74, 6) is 0.769. The molecule has 3 nitrogen and oxygen atoms in total. The fourth-order valence-electron chi connectivity index (χ4n) is 5.20. The van der Waals surface area contributed by atoms with Gasteiger partial charge in [0.1, 0.15) is 11.5 Å². The van der Waals surface area contributed by atoms with E-state index in [0.29, 0.717) is 22.8 Å². The lowest BCUT2D eigenvalue weighted by atomic mass is 9.82. The molecule has 0 atom stereocenters. The van der Waals surface area contributed by atoms with E-state index in [1.54, 1.807) is 21.0 Å². The summed E-state index contributed by atoms with van der Waals surface area (Å²) in [6, 6.07) is 11.9. The Bertz CT molecular complexity index is 1450. The van der Waals surface area contributed by atoms with E-state index in [2.05, 4.69) is 45.2 Å². The van der Waals surface area contributed by atoms with Gasteiger partial charge in [0.05, 0.1) is 16.3 Å². The van der Waals surface area contributed by atoms with Crippen LogP contribution in [0.15, 0.2) is 51.2 Å². The number of fused-ring (bicyclic) bond motifs is 3. The highest BCUT2D eigenvalue weighted by Crippen LogP contribution is 2.49. The van der Waals surface area contributed by atoms with Gasteiger partial charge >= 0.3 is 6.97 Å². The highest BCUT2D eigenvalue weighted by Gasteiger charge is 2.56. The highest BCUT2D eigenvalue weighted by molar-refractivity contribution is 14.1. The first-order chi connectivity index (χ1) is 15.1. The summed E-state index contributed by atoms with van der Waals surface area (Å²) in [6.45, 7) is 3.46. The average Bonchev–Trinajstić information content (AvgIpc) is 3.15. The molecule has 0 aliphatic carbocycles. The smallest absolute Gasteiger partial charge is 0.496 e. The predicted molar refractivity (Wildman–Crippen MR) is 144 cm³/mol. The Labute approximate surface area is 213 Å². The van der Waals surface area contributed by atoms with Gasteiger partial charge in [0.25, 0.3) is 0 Å². The minimum absolute atomic E-state index is 0.602. The van der Waals surface area contributed by atoms with Crippen LogP contribution in [-0.2, 0) is 0 Å². The third kappa shape index (κ3) is 2.71. The van der Waals surface area contributed by atoms with Crippen molar-refractivity contribution in [3.63, 3.8) is 0 Å². The maximum absolute atomic E-state index is 16.2. The number of ether oxygens (including phenoxy) is 1. The van der Waals surface area contributed by atoms with Crippen molar-refractivity contribution >= 4 is 74.2 Å². The van der Waals surface area contributed by atoms with Gasteiger partial charge in [0.2, 0.25) is 0 Å². The van der Waals surface area contributed by atoms with Crippen LogP contribution in [0, 0.1) is 17.4 Å². The molecule has 5 rings (SSSR count). The summed E-state index contributed by atoms with van der Waals surface area (Å²) >= 11 is 4.40. The summed E-state index contributed by atoms with van der Waals surface area (Å²) in [6.07, 6.45) is 0. The van der Waals surface area contributed by atoms with Gasteiger partial charge < -0.3 is 22.3 Å². The molecule has 32 heavy (non-hydrogen) atoms. The van der Waals surface area contributed by atoms with Crippen molar-refractivity contribution in [2.75, 3.05) is 7.11 Å². The first-order valence-electron chi connectivity index (χ1n) is 10.3. The van der Waals surface area contributed by atoms with Gasteiger partial charge in [-0.25, -0.2) is 0 Å². The lowest BCUT2D eigenvalue weighted by Crippen LogP contribution is -2.51. The van der Waals surface area contributed by atoms with Crippen molar-refractivity contribution in [3.05, 3.63) is 77.3 Å². The predicted octanol–water partition coefficient (Wildman–Crippen LogP) is 7.06. The van der Waals surface area contributed by atoms with Crippen molar-refractivity contribution in [3.8, 4) is 5.75 Å². The monoisotopic (exact) mass is 656 g/mol. The standard InChI is InChI=1S/C24H21BF2I2N2O/c1-12-21(28)14(3)30-23(12)20(24-13(2)22(29)15(4)31(24)25(30,26)27)18-10-11-19(32-5)17-9-7-6-8-16(17)18/h6-11H,1-5H3. The molecule has 2 aliphatic rings. The van der Waals surface area contributed by atoms with Crippen LogP contribution in [0.4, 0.5) is 8.63 Å². The Morgan fingerprint density at radius 1 is 0.969 bits per heavy atom. The number of methoxy groups -OCH3 is 1. The van der Waals surface area contributed by atoms with Gasteiger partial charge in [0, 0.05) is 27.1 Å². The third-order valence-electron chi connectivity index (χ3n) is 6.68. The topological polar surface area (TPSA) is 17.2 Å². The van der Waals surface area contributed by atoms with E-state index in [0.717, 1.165) is 45.9 Å². The van der Waals surface area contributed by atoms with Crippen molar-refractivity contribution in [1.82, 2.24) is 4.48 Å². The molecular formula is C24H21BF2I2N2O. The van der Waals surface area contributed by atoms with Crippen LogP contribution < -0.4 is 4.74 Å². The zero-order chi connectivity index (χ0) is 23.1. The molecular weight excluding hydrogens is 635 g/mol. The van der Waals surface area contributed by atoms with Crippen LogP contribution in [0.25, 0.3) is 16.3 Å². The molecule has 3 aromatic rings. The number of benzene rings is 2. The van der Waals surface area contributed by atoms with E-state index in [1.807, 2.05) is 50.2 Å². The molecule has 0 bridgehead atoms. The van der Waals surface area contributed by atoms with Crippen LogP contribution >= 0.6 is 45.2 Å². The normalized spacial score (nSPS) is 17.4. The number of aromatic nitrogens is 1. The molecule has 2 aliphatic heterocycles. The van der Waals surface area contributed by atoms with Crippen molar-refractivity contribution in [1.29, 1.82) is 0 Å². The number of rotatable bonds is 2. The van der Waals surface area contributed by atoms with Crippen LogP contribution in [-0.4, -0.2) is 28.8 Å². The van der Waals surface area contributed by atoms with Gasteiger partial charge in [-0.3, -0.25) is 0 Å². The quantitative estimate of drug-likeness (QED) is 0.214. The molecule has 0 N–H and O–H groups in total. The van der Waals surface area contributed by atoms with E-state index in [4.69, 9.17) is 4.74 Å². The average molecular weight is 656 g/mol. The Kier molecular flexibility index (Phi) is 5.12. The molecule has 8 heteroatoms. The first-order valence-corrected chi connectivity index (χ1v) is 12.5. The summed E-state index contributed by atoms with van der Waals surface area (Å²) in [5.41, 5.74) is 5.98. The van der Waals surface area contributed by atoms with Gasteiger partial charge in [0.15, 0.2) is 5.70 Å². The Morgan fingerprint density at radius 3 is 2.28 bits per heavy atom. The molecule has 164 valence electrons. The number of nitrogens with zero attached hydrogens (tertiary/aromatic N) is 2. The van der Waals surface area contributed by atoms with Crippen molar-refractivity contribution < 1.29 is 17.9 Å². The summed E-state index contributed by atoms with van der Waals surface area (Å²) in [4.78, 5) is 0. The fourth-order valence-corrected chi connectivity index (χ4v) is 6.23. The van der Waals surface area contributed by atoms with E-state index in [9.17, 15) is 0 Å². The molecule has 0 unspecified atom stereocenters. The minimum Gasteiger partial charge on any atom is -0.496 e. The van der Waals surface area contributed by atoms with Crippen LogP contribution in [0.5, 0.6) is 5.75 Å². The number of hydrogen-bond donors (Lipinski definition) is 0. The fraction of sp³-hybridized carbons (Fsp3) is 0.208. The van der Waals surface area contributed by atoms with Crippen molar-refractivity contribution in [2.45, 2.75) is 27.7 Å². The van der Waals surface area contributed by atoms with Crippen LogP contribution in [0.3, 0.4) is 0 Å². The van der Waals surface area contributed by atoms with E-state index < -0.39 is 6.97 Å². The Balaban J connectivity index is 2.03. The summed E-state index contributed by atoms with van der Waals surface area (Å²) in [7, 11) is 1.65. The molecule has 0 amide bonds. The largest absolute Gasteiger partial charge is 0.737 e. The van der Waals surface area contributed by atoms with Crippen LogP contribution in [0.2, 0.25) is 0 Å². The summed E-state index contributed by atoms with van der Waals surface area (Å²) < 4.78 is 42.3. The lowest BCUT2D eigenvalue weighted by Gasteiger charge is -2.34. The van der Waals surface area contributed by atoms with Gasteiger partial charge in [-0.2, -0.15) is 0 Å². The second kappa shape index (κ2) is 7.41. The highest BCUT2D eigenvalue weighted by atomic mass is 127. The SMILES string of the molecule is COc1ccc(C2=C3C(C)=C(I)C(C)=[N+]3[B-](F)(F)n3c(C)c(I)c(C)c32)c2ccccc12. The van der Waals surface area contributed by atoms with E-state index >= 15 is 8.63 Å². The Hall–Kier alpha value is -1.69. The summed E-state index contributed by atoms with van der Waals surface area (Å²) in [5, 5.41) is 1.95. The van der Waals surface area contributed by atoms with Crippen molar-refractivity contribution in [2.24, 2.45) is 0 Å². The van der Waals surface area contributed by atoms with E-state index in [-0.39, 0.29) is 0 Å². The van der Waals surface area contributed by atoms with Crippen LogP contribution in [0.1, 0.15) is 36.4 Å². The first kappa shape index (κ1) is 22.1. The molecule has 2 aromatic carbocycles.